The maximum atomic E-state index is 13.5. The molecule has 0 radical (unpaired) electrons. The molecule has 0 aromatic heterocycles. The van der Waals surface area contributed by atoms with Crippen LogP contribution in [0.2, 0.25) is 0 Å². The van der Waals surface area contributed by atoms with Gasteiger partial charge in [-0.2, -0.15) is 25.3 Å². The van der Waals surface area contributed by atoms with Crippen molar-refractivity contribution in [1.29, 1.82) is 5.41 Å². The van der Waals surface area contributed by atoms with Crippen LogP contribution in [0.1, 0.15) is 74.1 Å². The Morgan fingerprint density at radius 2 is 0.984 bits per heavy atom. The van der Waals surface area contributed by atoms with Crippen LogP contribution in [-0.4, -0.2) is 144 Å². The lowest BCUT2D eigenvalue weighted by Gasteiger charge is -2.27. The maximum Gasteiger partial charge on any atom is 0.245 e. The van der Waals surface area contributed by atoms with Crippen LogP contribution in [0.3, 0.4) is 0 Å². The summed E-state index contributed by atoms with van der Waals surface area (Å²) in [6, 6.07) is -9.67. The summed E-state index contributed by atoms with van der Waals surface area (Å²) in [6.07, 6.45) is 0.473. The summed E-state index contributed by atoms with van der Waals surface area (Å²) in [4.78, 5) is 116. The highest BCUT2D eigenvalue weighted by Gasteiger charge is 2.33. The number of hydrogen-bond acceptors (Lipinski definition) is 14. The number of amides is 9. The minimum Gasteiger partial charge on any atom is -0.394 e. The van der Waals surface area contributed by atoms with Gasteiger partial charge in [-0.25, -0.2) is 0 Å². The quantitative estimate of drug-likeness (QED) is 0.0145. The summed E-state index contributed by atoms with van der Waals surface area (Å²) in [7, 11) is 0. The van der Waals surface area contributed by atoms with E-state index in [4.69, 9.17) is 22.6 Å². The molecular formula is C37H69N13O10S2. The van der Waals surface area contributed by atoms with E-state index >= 15 is 0 Å². The van der Waals surface area contributed by atoms with E-state index in [-0.39, 0.29) is 67.4 Å². The standard InChI is InChI=1S/C37H69N13O10S2/c1-17(2)11-22(45-30(54)20(7)38)33(57)48-25(15-61)31(55)43-13-27(52)44-21(9-8-10-42-37(40)41)32(56)47-24(14-51)35(59)49-26(16-62)36(60)46-23(12-18(3)4)34(58)50-28(19(5)6)29(39)53/h17-26,28,51,61-62H,8-16,38H2,1-7H3,(H2,39,53)(H,43,55)(H,44,52)(H,45,54)(H,46,60)(H,47,56)(H,48,57)(H,49,59)(H,50,58)(H4,40,41,42)/t20-,21-,22-,23-,24-,25-,26-,28-/m0/s1. The first-order valence-corrected chi connectivity index (χ1v) is 21.5. The van der Waals surface area contributed by atoms with Crippen molar-refractivity contribution in [2.24, 2.45) is 35.0 Å². The van der Waals surface area contributed by atoms with Crippen molar-refractivity contribution in [2.75, 3.05) is 31.2 Å². The second-order valence-corrected chi connectivity index (χ2v) is 16.6. The predicted octanol–water partition coefficient (Wildman–Crippen LogP) is -4.81. The van der Waals surface area contributed by atoms with E-state index in [9.17, 15) is 48.3 Å². The second-order valence-electron chi connectivity index (χ2n) is 15.9. The minimum atomic E-state index is -1.65. The Bertz CT molecular complexity index is 1550. The molecule has 0 saturated heterocycles. The predicted molar refractivity (Wildman–Crippen MR) is 237 cm³/mol. The van der Waals surface area contributed by atoms with Crippen LogP contribution in [-0.2, 0) is 43.2 Å². The third kappa shape index (κ3) is 22.3. The van der Waals surface area contributed by atoms with Gasteiger partial charge in [0.15, 0.2) is 5.96 Å². The van der Waals surface area contributed by atoms with Crippen molar-refractivity contribution in [3.63, 3.8) is 0 Å². The fourth-order valence-electron chi connectivity index (χ4n) is 5.53. The van der Waals surface area contributed by atoms with Crippen LogP contribution in [0.4, 0.5) is 0 Å². The lowest BCUT2D eigenvalue weighted by molar-refractivity contribution is -0.135. The van der Waals surface area contributed by atoms with E-state index in [0.29, 0.717) is 0 Å². The number of rotatable bonds is 29. The third-order valence-electron chi connectivity index (χ3n) is 8.87. The Balaban J connectivity index is 5.89. The van der Waals surface area contributed by atoms with E-state index in [1.54, 1.807) is 27.7 Å². The van der Waals surface area contributed by atoms with E-state index in [0.717, 1.165) is 0 Å². The molecule has 354 valence electrons. The molecule has 8 atom stereocenters. The Morgan fingerprint density at radius 1 is 0.565 bits per heavy atom. The van der Waals surface area contributed by atoms with Crippen molar-refractivity contribution >= 4 is 84.4 Å². The normalized spacial score (nSPS) is 15.0. The highest BCUT2D eigenvalue weighted by atomic mass is 32.1. The van der Waals surface area contributed by atoms with Gasteiger partial charge in [0, 0.05) is 18.1 Å². The molecule has 0 spiro atoms. The van der Waals surface area contributed by atoms with Crippen LogP contribution >= 0.6 is 25.3 Å². The topological polar surface area (TPSA) is 384 Å². The molecule has 0 aliphatic rings. The number of primary amides is 1. The lowest BCUT2D eigenvalue weighted by Crippen LogP contribution is -2.60. The molecule has 25 heteroatoms. The third-order valence-corrected chi connectivity index (χ3v) is 9.60. The van der Waals surface area contributed by atoms with Gasteiger partial charge in [-0.1, -0.05) is 41.5 Å². The monoisotopic (exact) mass is 919 g/mol. The minimum absolute atomic E-state index is 0.0166. The zero-order valence-corrected chi connectivity index (χ0v) is 38.3. The van der Waals surface area contributed by atoms with Crippen LogP contribution in [0.5, 0.6) is 0 Å². The number of thiol groups is 2. The maximum absolute atomic E-state index is 13.5. The number of nitrogens with two attached hydrogens (primary N) is 3. The Hall–Kier alpha value is -4.88. The molecule has 9 amide bonds. The molecule has 17 N–H and O–H groups in total. The number of carbonyl (C=O) groups is 9. The van der Waals surface area contributed by atoms with Gasteiger partial charge in [0.05, 0.1) is 19.2 Å². The largest absolute Gasteiger partial charge is 0.394 e. The molecule has 0 aliphatic heterocycles. The Kier molecular flexibility index (Phi) is 27.1. The Morgan fingerprint density at radius 3 is 1.42 bits per heavy atom. The number of aliphatic hydroxyl groups excluding tert-OH is 1. The summed E-state index contributed by atoms with van der Waals surface area (Å²) in [5.41, 5.74) is 16.4. The van der Waals surface area contributed by atoms with Crippen LogP contribution < -0.4 is 65.1 Å². The second kappa shape index (κ2) is 29.4. The average Bonchev–Trinajstić information content (AvgIpc) is 3.18. The summed E-state index contributed by atoms with van der Waals surface area (Å²) < 4.78 is 0. The fraction of sp³-hybridized carbons (Fsp3) is 0.730. The number of aliphatic hydroxyl groups is 1. The summed E-state index contributed by atoms with van der Waals surface area (Å²) in [5.74, 6) is -8.41. The van der Waals surface area contributed by atoms with E-state index in [1.807, 2.05) is 13.8 Å². The van der Waals surface area contributed by atoms with Gasteiger partial charge in [-0.15, -0.1) is 0 Å². The van der Waals surface area contributed by atoms with Crippen molar-refractivity contribution in [3.05, 3.63) is 0 Å². The van der Waals surface area contributed by atoms with Gasteiger partial charge < -0.3 is 70.2 Å². The van der Waals surface area contributed by atoms with Crippen LogP contribution in [0, 0.1) is 23.2 Å². The molecule has 62 heavy (non-hydrogen) atoms. The van der Waals surface area contributed by atoms with Crippen LogP contribution in [0.25, 0.3) is 0 Å². The molecular weight excluding hydrogens is 851 g/mol. The number of guanidine groups is 1. The molecule has 0 heterocycles. The van der Waals surface area contributed by atoms with Gasteiger partial charge in [-0.3, -0.25) is 48.6 Å². The van der Waals surface area contributed by atoms with Crippen molar-refractivity contribution < 1.29 is 48.3 Å². The van der Waals surface area contributed by atoms with Gasteiger partial charge in [-0.05, 0) is 50.4 Å². The highest BCUT2D eigenvalue weighted by Crippen LogP contribution is 2.09. The smallest absolute Gasteiger partial charge is 0.245 e. The molecule has 0 aliphatic carbocycles. The number of carbonyl (C=O) groups excluding carboxylic acids is 9. The van der Waals surface area contributed by atoms with E-state index < -0.39 is 115 Å². The molecule has 0 bridgehead atoms. The van der Waals surface area contributed by atoms with Gasteiger partial charge in [0.2, 0.25) is 53.2 Å². The van der Waals surface area contributed by atoms with Gasteiger partial charge >= 0.3 is 0 Å². The summed E-state index contributed by atoms with van der Waals surface area (Å²) in [6.45, 7) is 10.6. The van der Waals surface area contributed by atoms with Gasteiger partial charge in [0.25, 0.3) is 0 Å². The van der Waals surface area contributed by atoms with E-state index in [2.05, 4.69) is 73.1 Å². The zero-order chi connectivity index (χ0) is 47.9. The SMILES string of the molecule is CC(C)C[C@H](NC(=O)[C@H](C)N)C(=O)N[C@@H](CS)C(=O)NCC(=O)N[C@@H](CCCNC(=N)N)C(=O)N[C@@H](CO)C(=O)N[C@@H](CS)C(=O)N[C@@H](CC(C)C)C(=O)N[C@H](C(N)=O)C(C)C. The molecule has 0 fully saturated rings. The average molecular weight is 920 g/mol. The van der Waals surface area contributed by atoms with Crippen molar-refractivity contribution in [3.8, 4) is 0 Å². The lowest BCUT2D eigenvalue weighted by atomic mass is 10.00. The first kappa shape index (κ1) is 57.1. The number of nitrogens with one attached hydrogen (secondary N) is 10. The molecule has 0 rings (SSSR count). The molecule has 0 aromatic rings. The van der Waals surface area contributed by atoms with Crippen molar-refractivity contribution in [1.82, 2.24) is 47.9 Å². The summed E-state index contributed by atoms with van der Waals surface area (Å²) in [5, 5.41) is 39.7. The molecule has 0 aromatic carbocycles. The van der Waals surface area contributed by atoms with E-state index in [1.165, 1.54) is 6.92 Å². The molecule has 23 nitrogen and oxygen atoms in total. The van der Waals surface area contributed by atoms with Gasteiger partial charge in [0.1, 0.15) is 42.3 Å². The first-order chi connectivity index (χ1) is 28.9. The first-order valence-electron chi connectivity index (χ1n) is 20.2. The van der Waals surface area contributed by atoms with Crippen molar-refractivity contribution in [2.45, 2.75) is 122 Å². The highest BCUT2D eigenvalue weighted by molar-refractivity contribution is 7.80. The molecule has 0 unspecified atom stereocenters. The molecule has 0 saturated carbocycles. The zero-order valence-electron chi connectivity index (χ0n) is 36.5. The fourth-order valence-corrected chi connectivity index (χ4v) is 6.05. The Labute approximate surface area is 373 Å². The summed E-state index contributed by atoms with van der Waals surface area (Å²) >= 11 is 8.29. The number of hydrogen-bond donors (Lipinski definition) is 16. The van der Waals surface area contributed by atoms with Crippen LogP contribution in [0.15, 0.2) is 0 Å².